The maximum atomic E-state index is 13.2. The number of esters is 1. The van der Waals surface area contributed by atoms with E-state index in [-0.39, 0.29) is 23.8 Å². The van der Waals surface area contributed by atoms with Gasteiger partial charge in [0.05, 0.1) is 19.2 Å². The van der Waals surface area contributed by atoms with Crippen LogP contribution in [0.4, 0.5) is 13.2 Å². The fourth-order valence-electron chi connectivity index (χ4n) is 3.48. The molecule has 0 N–H and O–H groups in total. The molecule has 1 fully saturated rings. The van der Waals surface area contributed by atoms with Crippen LogP contribution in [-0.2, 0) is 17.5 Å². The lowest BCUT2D eigenvalue weighted by Gasteiger charge is -2.34. The molecule has 1 amide bonds. The van der Waals surface area contributed by atoms with Gasteiger partial charge in [-0.25, -0.2) is 9.78 Å². The van der Waals surface area contributed by atoms with Crippen molar-refractivity contribution < 1.29 is 27.5 Å². The molecular formula is C20H21F3N2O3S. The molecular weight excluding hydrogens is 405 g/mol. The number of nitrogens with zero attached hydrogens (tertiary/aromatic N) is 2. The van der Waals surface area contributed by atoms with Gasteiger partial charge in [0.25, 0.3) is 5.91 Å². The summed E-state index contributed by atoms with van der Waals surface area (Å²) in [6.45, 7) is 0.140. The van der Waals surface area contributed by atoms with Crippen LogP contribution in [0.3, 0.4) is 0 Å². The third kappa shape index (κ3) is 5.14. The van der Waals surface area contributed by atoms with Gasteiger partial charge in [0.15, 0.2) is 5.69 Å². The van der Waals surface area contributed by atoms with Crippen LogP contribution in [0.2, 0.25) is 0 Å². The Balaban J connectivity index is 1.88. The van der Waals surface area contributed by atoms with Crippen molar-refractivity contribution in [2.75, 3.05) is 7.11 Å². The van der Waals surface area contributed by atoms with Gasteiger partial charge in [-0.05, 0) is 31.0 Å². The number of amides is 1. The number of hydrogen-bond donors (Lipinski definition) is 0. The molecule has 1 aromatic heterocycles. The van der Waals surface area contributed by atoms with Crippen LogP contribution in [0.5, 0.6) is 0 Å². The van der Waals surface area contributed by atoms with Crippen LogP contribution in [-0.4, -0.2) is 34.9 Å². The van der Waals surface area contributed by atoms with E-state index in [0.29, 0.717) is 5.01 Å². The number of thiazole rings is 1. The second-order valence-electron chi connectivity index (χ2n) is 6.92. The summed E-state index contributed by atoms with van der Waals surface area (Å²) in [4.78, 5) is 30.6. The zero-order valence-corrected chi connectivity index (χ0v) is 16.7. The Bertz CT molecular complexity index is 876. The normalized spacial score (nSPS) is 15.2. The molecule has 0 unspecified atom stereocenters. The van der Waals surface area contributed by atoms with E-state index in [1.54, 1.807) is 10.3 Å². The van der Waals surface area contributed by atoms with E-state index in [0.717, 1.165) is 44.2 Å². The van der Waals surface area contributed by atoms with E-state index < -0.39 is 23.6 Å². The molecule has 1 heterocycles. The summed E-state index contributed by atoms with van der Waals surface area (Å²) in [7, 11) is 1.26. The Morgan fingerprint density at radius 2 is 1.97 bits per heavy atom. The van der Waals surface area contributed by atoms with Gasteiger partial charge in [0, 0.05) is 17.0 Å². The van der Waals surface area contributed by atoms with Crippen molar-refractivity contribution in [1.82, 2.24) is 9.88 Å². The molecule has 0 radical (unpaired) electrons. The highest BCUT2D eigenvalue weighted by Gasteiger charge is 2.33. The molecule has 1 saturated carbocycles. The molecule has 0 saturated heterocycles. The lowest BCUT2D eigenvalue weighted by atomic mass is 9.93. The number of methoxy groups -OCH3 is 1. The van der Waals surface area contributed by atoms with E-state index in [1.165, 1.54) is 30.6 Å². The number of alkyl halides is 3. The Morgan fingerprint density at radius 3 is 2.62 bits per heavy atom. The lowest BCUT2D eigenvalue weighted by Crippen LogP contribution is -2.41. The minimum Gasteiger partial charge on any atom is -0.464 e. The van der Waals surface area contributed by atoms with Gasteiger partial charge in [-0.1, -0.05) is 25.3 Å². The molecule has 0 aliphatic heterocycles. The Hall–Kier alpha value is -2.42. The average molecular weight is 426 g/mol. The van der Waals surface area contributed by atoms with Crippen molar-refractivity contribution >= 4 is 23.2 Å². The molecule has 2 aromatic rings. The van der Waals surface area contributed by atoms with E-state index in [2.05, 4.69) is 9.72 Å². The van der Waals surface area contributed by atoms with E-state index >= 15 is 0 Å². The van der Waals surface area contributed by atoms with Gasteiger partial charge >= 0.3 is 12.1 Å². The average Bonchev–Trinajstić information content (AvgIpc) is 3.20. The van der Waals surface area contributed by atoms with Crippen LogP contribution in [0.1, 0.15) is 63.5 Å². The molecule has 156 valence electrons. The second-order valence-corrected chi connectivity index (χ2v) is 7.86. The van der Waals surface area contributed by atoms with Crippen molar-refractivity contribution in [3.05, 3.63) is 51.5 Å². The number of carbonyl (C=O) groups is 2. The predicted molar refractivity (Wildman–Crippen MR) is 102 cm³/mol. The van der Waals surface area contributed by atoms with Gasteiger partial charge < -0.3 is 9.64 Å². The van der Waals surface area contributed by atoms with Crippen molar-refractivity contribution in [3.8, 4) is 0 Å². The quantitative estimate of drug-likeness (QED) is 0.637. The summed E-state index contributed by atoms with van der Waals surface area (Å²) < 4.78 is 43.9. The first-order chi connectivity index (χ1) is 13.8. The minimum atomic E-state index is -4.52. The summed E-state index contributed by atoms with van der Waals surface area (Å²) in [5.41, 5.74) is -0.702. The van der Waals surface area contributed by atoms with Crippen molar-refractivity contribution in [2.24, 2.45) is 0 Å². The zero-order valence-electron chi connectivity index (χ0n) is 15.9. The van der Waals surface area contributed by atoms with Gasteiger partial charge in [-0.3, -0.25) is 4.79 Å². The topological polar surface area (TPSA) is 59.5 Å². The molecule has 1 aliphatic carbocycles. The minimum absolute atomic E-state index is 0.00449. The van der Waals surface area contributed by atoms with Crippen molar-refractivity contribution in [3.63, 3.8) is 0 Å². The SMILES string of the molecule is COC(=O)c1csc(CN(C(=O)c2cccc(C(F)(F)F)c2)C2CCCCC2)n1. The molecule has 9 heteroatoms. The molecule has 5 nitrogen and oxygen atoms in total. The first-order valence-electron chi connectivity index (χ1n) is 9.30. The number of benzene rings is 1. The van der Waals surface area contributed by atoms with Gasteiger partial charge in [0.2, 0.25) is 0 Å². The van der Waals surface area contributed by atoms with E-state index in [9.17, 15) is 22.8 Å². The van der Waals surface area contributed by atoms with Gasteiger partial charge in [0.1, 0.15) is 5.01 Å². The monoisotopic (exact) mass is 426 g/mol. The summed E-state index contributed by atoms with van der Waals surface area (Å²) in [5.74, 6) is -1.03. The molecule has 3 rings (SSSR count). The highest BCUT2D eigenvalue weighted by molar-refractivity contribution is 7.09. The lowest BCUT2D eigenvalue weighted by molar-refractivity contribution is -0.137. The predicted octanol–water partition coefficient (Wildman–Crippen LogP) is 4.92. The largest absolute Gasteiger partial charge is 0.464 e. The number of carbonyl (C=O) groups excluding carboxylic acids is 2. The van der Waals surface area contributed by atoms with Gasteiger partial charge in [-0.2, -0.15) is 13.2 Å². The fraction of sp³-hybridized carbons (Fsp3) is 0.450. The molecule has 0 atom stereocenters. The fourth-order valence-corrected chi connectivity index (χ4v) is 4.24. The highest BCUT2D eigenvalue weighted by atomic mass is 32.1. The van der Waals surface area contributed by atoms with E-state index in [4.69, 9.17) is 0 Å². The third-order valence-corrected chi connectivity index (χ3v) is 5.80. The standard InChI is InChI=1S/C20H21F3N2O3S/c1-28-19(27)16-12-29-17(24-16)11-25(15-8-3-2-4-9-15)18(26)13-6-5-7-14(10-13)20(21,22)23/h5-7,10,12,15H,2-4,8-9,11H2,1H3. The van der Waals surface area contributed by atoms with Gasteiger partial charge in [-0.15, -0.1) is 11.3 Å². The molecule has 0 bridgehead atoms. The number of aromatic nitrogens is 1. The van der Waals surface area contributed by atoms with E-state index in [1.807, 2.05) is 0 Å². The summed E-state index contributed by atoms with van der Waals surface area (Å²) in [5, 5.41) is 2.09. The van der Waals surface area contributed by atoms with Crippen molar-refractivity contribution in [1.29, 1.82) is 0 Å². The highest BCUT2D eigenvalue weighted by Crippen LogP contribution is 2.31. The van der Waals surface area contributed by atoms with Crippen LogP contribution in [0.25, 0.3) is 0 Å². The summed E-state index contributed by atoms with van der Waals surface area (Å²) in [6, 6.07) is 4.41. The maximum Gasteiger partial charge on any atom is 0.416 e. The number of halogens is 3. The smallest absolute Gasteiger partial charge is 0.416 e. The Labute approximate surface area is 170 Å². The Morgan fingerprint density at radius 1 is 1.24 bits per heavy atom. The molecule has 0 spiro atoms. The summed E-state index contributed by atoms with van der Waals surface area (Å²) in [6.07, 6.45) is 0.0625. The number of hydrogen-bond acceptors (Lipinski definition) is 5. The van der Waals surface area contributed by atoms with Crippen LogP contribution < -0.4 is 0 Å². The Kier molecular flexibility index (Phi) is 6.56. The third-order valence-electron chi connectivity index (χ3n) is 4.97. The molecule has 1 aliphatic rings. The second kappa shape index (κ2) is 8.94. The van der Waals surface area contributed by atoms with Crippen LogP contribution in [0, 0.1) is 0 Å². The number of ether oxygens (including phenoxy) is 1. The summed E-state index contributed by atoms with van der Waals surface area (Å²) >= 11 is 1.22. The van der Waals surface area contributed by atoms with Crippen LogP contribution >= 0.6 is 11.3 Å². The van der Waals surface area contributed by atoms with Crippen molar-refractivity contribution in [2.45, 2.75) is 50.9 Å². The maximum absolute atomic E-state index is 13.2. The zero-order chi connectivity index (χ0) is 21.0. The molecule has 29 heavy (non-hydrogen) atoms. The molecule has 1 aromatic carbocycles. The van der Waals surface area contributed by atoms with Crippen LogP contribution in [0.15, 0.2) is 29.6 Å². The number of rotatable bonds is 5. The first kappa shape index (κ1) is 21.3. The first-order valence-corrected chi connectivity index (χ1v) is 10.2.